The van der Waals surface area contributed by atoms with Crippen LogP contribution in [0.25, 0.3) is 0 Å². The minimum atomic E-state index is 0.123. The third-order valence-electron chi connectivity index (χ3n) is 4.26. The van der Waals surface area contributed by atoms with Crippen molar-refractivity contribution in [2.45, 2.75) is 39.2 Å². The van der Waals surface area contributed by atoms with Crippen molar-refractivity contribution in [3.63, 3.8) is 0 Å². The molecule has 0 aliphatic carbocycles. The summed E-state index contributed by atoms with van der Waals surface area (Å²) in [5, 5.41) is 9.22. The van der Waals surface area contributed by atoms with Crippen LogP contribution in [-0.4, -0.2) is 18.3 Å². The summed E-state index contributed by atoms with van der Waals surface area (Å²) < 4.78 is 5.86. The molecular formula is C21H29NO2. The Bertz CT molecular complexity index is 608. The van der Waals surface area contributed by atoms with Crippen molar-refractivity contribution in [3.8, 4) is 5.75 Å². The van der Waals surface area contributed by atoms with Crippen LogP contribution >= 0.6 is 0 Å². The van der Waals surface area contributed by atoms with E-state index in [0.29, 0.717) is 13.2 Å². The Morgan fingerprint density at radius 3 is 2.04 bits per heavy atom. The second kappa shape index (κ2) is 8.32. The molecule has 2 aromatic carbocycles. The molecule has 0 spiro atoms. The number of hydrogen-bond donors (Lipinski definition) is 2. The summed E-state index contributed by atoms with van der Waals surface area (Å²) in [5.74, 6) is 0.977. The molecule has 0 aromatic heterocycles. The van der Waals surface area contributed by atoms with Gasteiger partial charge in [-0.1, -0.05) is 57.2 Å². The Kier molecular flexibility index (Phi) is 6.41. The molecule has 3 nitrogen and oxygen atoms in total. The van der Waals surface area contributed by atoms with Gasteiger partial charge in [-0.15, -0.1) is 0 Å². The molecule has 0 saturated carbocycles. The van der Waals surface area contributed by atoms with E-state index in [-0.39, 0.29) is 17.9 Å². The first-order chi connectivity index (χ1) is 11.4. The molecule has 24 heavy (non-hydrogen) atoms. The van der Waals surface area contributed by atoms with Gasteiger partial charge in [-0.25, -0.2) is 0 Å². The summed E-state index contributed by atoms with van der Waals surface area (Å²) in [6.45, 7) is 7.83. The van der Waals surface area contributed by atoms with Gasteiger partial charge >= 0.3 is 0 Å². The number of nitrogens with two attached hydrogens (primary N) is 1. The summed E-state index contributed by atoms with van der Waals surface area (Å²) in [6.07, 6.45) is 0.793. The largest absolute Gasteiger partial charge is 0.489 e. The van der Waals surface area contributed by atoms with Crippen LogP contribution in [0.2, 0.25) is 0 Å². The van der Waals surface area contributed by atoms with Gasteiger partial charge in [0.2, 0.25) is 0 Å². The van der Waals surface area contributed by atoms with Crippen molar-refractivity contribution < 1.29 is 9.84 Å². The van der Waals surface area contributed by atoms with Crippen LogP contribution in [-0.2, 0) is 18.4 Å². The highest BCUT2D eigenvalue weighted by molar-refractivity contribution is 5.30. The minimum absolute atomic E-state index is 0.123. The van der Waals surface area contributed by atoms with Gasteiger partial charge in [0.1, 0.15) is 12.4 Å². The van der Waals surface area contributed by atoms with Crippen LogP contribution in [0.15, 0.2) is 48.5 Å². The zero-order chi connectivity index (χ0) is 17.6. The first-order valence-corrected chi connectivity index (χ1v) is 8.54. The van der Waals surface area contributed by atoms with Gasteiger partial charge in [-0.3, -0.25) is 0 Å². The lowest BCUT2D eigenvalue weighted by molar-refractivity contribution is 0.230. The fourth-order valence-electron chi connectivity index (χ4n) is 2.55. The second-order valence-corrected chi connectivity index (χ2v) is 7.37. The molecule has 1 atom stereocenters. The quantitative estimate of drug-likeness (QED) is 0.816. The standard InChI is InChI=1S/C21H29NO2/c1-21(2,3)19-8-4-17(5-9-19)15-24-20-10-6-16(7-11-20)12-18(13-22)14-23/h4-11,18,23H,12-15,22H2,1-3H3. The number of hydrogen-bond acceptors (Lipinski definition) is 3. The number of ether oxygens (including phenoxy) is 1. The van der Waals surface area contributed by atoms with E-state index in [4.69, 9.17) is 10.5 Å². The molecule has 2 rings (SSSR count). The smallest absolute Gasteiger partial charge is 0.119 e. The maximum Gasteiger partial charge on any atom is 0.119 e. The van der Waals surface area contributed by atoms with Crippen LogP contribution in [0.1, 0.15) is 37.5 Å². The molecule has 0 aliphatic rings. The number of benzene rings is 2. The maximum atomic E-state index is 9.22. The van der Waals surface area contributed by atoms with Gasteiger partial charge in [0, 0.05) is 6.61 Å². The zero-order valence-electron chi connectivity index (χ0n) is 15.0. The topological polar surface area (TPSA) is 55.5 Å². The highest BCUT2D eigenvalue weighted by Gasteiger charge is 2.12. The first kappa shape index (κ1) is 18.5. The SMILES string of the molecule is CC(C)(C)c1ccc(COc2ccc(CC(CN)CO)cc2)cc1. The summed E-state index contributed by atoms with van der Waals surface area (Å²) in [6, 6.07) is 16.6. The normalized spacial score (nSPS) is 12.9. The highest BCUT2D eigenvalue weighted by atomic mass is 16.5. The zero-order valence-corrected chi connectivity index (χ0v) is 15.0. The number of aliphatic hydroxyl groups is 1. The summed E-state index contributed by atoms with van der Waals surface area (Å²) in [5.41, 5.74) is 9.46. The van der Waals surface area contributed by atoms with Gasteiger partial charge in [0.05, 0.1) is 0 Å². The Hall–Kier alpha value is -1.84. The van der Waals surface area contributed by atoms with E-state index in [9.17, 15) is 5.11 Å². The molecule has 0 aliphatic heterocycles. The van der Waals surface area contributed by atoms with Gasteiger partial charge in [-0.05, 0) is 53.1 Å². The molecule has 2 aromatic rings. The number of rotatable bonds is 7. The summed E-state index contributed by atoms with van der Waals surface area (Å²) in [7, 11) is 0. The van der Waals surface area contributed by atoms with E-state index < -0.39 is 0 Å². The lowest BCUT2D eigenvalue weighted by Crippen LogP contribution is -2.20. The van der Waals surface area contributed by atoms with E-state index in [2.05, 4.69) is 45.0 Å². The van der Waals surface area contributed by atoms with Crippen molar-refractivity contribution in [1.29, 1.82) is 0 Å². The third kappa shape index (κ3) is 5.36. The van der Waals surface area contributed by atoms with Crippen LogP contribution in [0.4, 0.5) is 0 Å². The summed E-state index contributed by atoms with van der Waals surface area (Å²) >= 11 is 0. The Balaban J connectivity index is 1.90. The predicted molar refractivity (Wildman–Crippen MR) is 99.3 cm³/mol. The van der Waals surface area contributed by atoms with E-state index in [1.807, 2.05) is 24.3 Å². The fraction of sp³-hybridized carbons (Fsp3) is 0.429. The van der Waals surface area contributed by atoms with E-state index in [0.717, 1.165) is 17.7 Å². The van der Waals surface area contributed by atoms with Crippen molar-refractivity contribution in [2.75, 3.05) is 13.2 Å². The van der Waals surface area contributed by atoms with Gasteiger partial charge in [-0.2, -0.15) is 0 Å². The van der Waals surface area contributed by atoms with Crippen LogP contribution < -0.4 is 10.5 Å². The Morgan fingerprint density at radius 2 is 1.54 bits per heavy atom. The van der Waals surface area contributed by atoms with Crippen molar-refractivity contribution in [3.05, 3.63) is 65.2 Å². The van der Waals surface area contributed by atoms with Crippen LogP contribution in [0, 0.1) is 5.92 Å². The molecule has 0 fully saturated rings. The van der Waals surface area contributed by atoms with Crippen LogP contribution in [0.3, 0.4) is 0 Å². The van der Waals surface area contributed by atoms with E-state index in [1.54, 1.807) is 0 Å². The maximum absolute atomic E-state index is 9.22. The lowest BCUT2D eigenvalue weighted by atomic mass is 9.87. The predicted octanol–water partition coefficient (Wildman–Crippen LogP) is 3.67. The van der Waals surface area contributed by atoms with Crippen LogP contribution in [0.5, 0.6) is 5.75 Å². The summed E-state index contributed by atoms with van der Waals surface area (Å²) in [4.78, 5) is 0. The molecule has 0 heterocycles. The van der Waals surface area contributed by atoms with E-state index >= 15 is 0 Å². The number of aliphatic hydroxyl groups excluding tert-OH is 1. The van der Waals surface area contributed by atoms with Gasteiger partial charge in [0.25, 0.3) is 0 Å². The van der Waals surface area contributed by atoms with E-state index in [1.165, 1.54) is 11.1 Å². The third-order valence-corrected chi connectivity index (χ3v) is 4.26. The monoisotopic (exact) mass is 327 g/mol. The lowest BCUT2D eigenvalue weighted by Gasteiger charge is -2.19. The van der Waals surface area contributed by atoms with Crippen molar-refractivity contribution in [2.24, 2.45) is 11.7 Å². The Labute approximate surface area is 145 Å². The van der Waals surface area contributed by atoms with Crippen molar-refractivity contribution >= 4 is 0 Å². The minimum Gasteiger partial charge on any atom is -0.489 e. The molecule has 3 heteroatoms. The molecule has 0 amide bonds. The fourth-order valence-corrected chi connectivity index (χ4v) is 2.55. The average Bonchev–Trinajstić information content (AvgIpc) is 2.58. The average molecular weight is 327 g/mol. The van der Waals surface area contributed by atoms with Gasteiger partial charge in [0.15, 0.2) is 0 Å². The second-order valence-electron chi connectivity index (χ2n) is 7.37. The molecular weight excluding hydrogens is 298 g/mol. The van der Waals surface area contributed by atoms with Gasteiger partial charge < -0.3 is 15.6 Å². The first-order valence-electron chi connectivity index (χ1n) is 8.54. The highest BCUT2D eigenvalue weighted by Crippen LogP contribution is 2.23. The molecule has 0 saturated heterocycles. The molecule has 130 valence electrons. The molecule has 0 bridgehead atoms. The Morgan fingerprint density at radius 1 is 0.958 bits per heavy atom. The van der Waals surface area contributed by atoms with Crippen molar-refractivity contribution in [1.82, 2.24) is 0 Å². The molecule has 0 radical (unpaired) electrons. The molecule has 3 N–H and O–H groups in total. The molecule has 1 unspecified atom stereocenters.